The second-order valence-electron chi connectivity index (χ2n) is 2.37. The fourth-order valence-electron chi connectivity index (χ4n) is 0.649. The van der Waals surface area contributed by atoms with Crippen molar-refractivity contribution < 1.29 is 14.6 Å². The van der Waals surface area contributed by atoms with E-state index in [9.17, 15) is 5.11 Å². The Balaban J connectivity index is 3.45. The summed E-state index contributed by atoms with van der Waals surface area (Å²) in [6, 6.07) is 0. The molecule has 0 aliphatic heterocycles. The lowest BCUT2D eigenvalue weighted by Gasteiger charge is -2.17. The minimum atomic E-state index is -0.484. The Labute approximate surface area is 67.6 Å². The summed E-state index contributed by atoms with van der Waals surface area (Å²) in [5.41, 5.74) is 0. The molecule has 0 aliphatic rings. The van der Waals surface area contributed by atoms with E-state index in [1.54, 1.807) is 20.1 Å². The van der Waals surface area contributed by atoms with Crippen LogP contribution in [-0.4, -0.2) is 31.2 Å². The first kappa shape index (κ1) is 10.6. The van der Waals surface area contributed by atoms with Crippen LogP contribution in [0.15, 0.2) is 12.7 Å². The maximum Gasteiger partial charge on any atom is 0.146 e. The quantitative estimate of drug-likeness (QED) is 0.464. The first-order chi connectivity index (χ1) is 5.22. The Kier molecular flexibility index (Phi) is 6.12. The maximum absolute atomic E-state index is 9.29. The lowest BCUT2D eigenvalue weighted by molar-refractivity contribution is -0.103. The molecule has 0 aromatic rings. The van der Waals surface area contributed by atoms with Gasteiger partial charge >= 0.3 is 0 Å². The van der Waals surface area contributed by atoms with Crippen LogP contribution in [0.5, 0.6) is 0 Å². The zero-order valence-corrected chi connectivity index (χ0v) is 7.12. The van der Waals surface area contributed by atoms with Crippen LogP contribution < -0.4 is 0 Å². The minimum absolute atomic E-state index is 0.201. The first-order valence-corrected chi connectivity index (χ1v) is 3.61. The summed E-state index contributed by atoms with van der Waals surface area (Å²) in [4.78, 5) is 0. The summed E-state index contributed by atoms with van der Waals surface area (Å²) in [7, 11) is 1.55. The van der Waals surface area contributed by atoms with Gasteiger partial charge in [-0.05, 0) is 13.3 Å². The molecule has 0 heterocycles. The lowest BCUT2D eigenvalue weighted by atomic mass is 10.1. The average molecular weight is 160 g/mol. The van der Waals surface area contributed by atoms with E-state index in [1.165, 1.54) is 0 Å². The van der Waals surface area contributed by atoms with Crippen LogP contribution in [0.1, 0.15) is 13.3 Å². The second-order valence-corrected chi connectivity index (χ2v) is 2.37. The van der Waals surface area contributed by atoms with E-state index in [1.807, 2.05) is 0 Å². The molecular weight excluding hydrogens is 144 g/mol. The number of hydrogen-bond acceptors (Lipinski definition) is 3. The molecule has 0 bridgehead atoms. The van der Waals surface area contributed by atoms with Gasteiger partial charge in [-0.15, -0.1) is 6.58 Å². The number of aliphatic hydroxyl groups is 1. The molecule has 3 nitrogen and oxygen atoms in total. The average Bonchev–Trinajstić information content (AvgIpc) is 2.00. The monoisotopic (exact) mass is 160 g/mol. The van der Waals surface area contributed by atoms with Gasteiger partial charge in [0.1, 0.15) is 6.79 Å². The topological polar surface area (TPSA) is 38.7 Å². The van der Waals surface area contributed by atoms with E-state index in [0.29, 0.717) is 6.42 Å². The number of rotatable bonds is 6. The molecule has 0 spiro atoms. The molecule has 0 saturated carbocycles. The van der Waals surface area contributed by atoms with Crippen molar-refractivity contribution in [1.82, 2.24) is 0 Å². The molecule has 0 aromatic carbocycles. The second kappa shape index (κ2) is 6.34. The van der Waals surface area contributed by atoms with Gasteiger partial charge in [0.15, 0.2) is 0 Å². The molecule has 66 valence electrons. The third-order valence-electron chi connectivity index (χ3n) is 1.40. The van der Waals surface area contributed by atoms with Gasteiger partial charge in [0.05, 0.1) is 12.2 Å². The molecule has 0 radical (unpaired) electrons. The van der Waals surface area contributed by atoms with Gasteiger partial charge in [-0.3, -0.25) is 0 Å². The lowest BCUT2D eigenvalue weighted by Crippen LogP contribution is -2.26. The number of aliphatic hydroxyl groups excluding tert-OH is 1. The van der Waals surface area contributed by atoms with Crippen LogP contribution >= 0.6 is 0 Å². The van der Waals surface area contributed by atoms with E-state index < -0.39 is 6.10 Å². The summed E-state index contributed by atoms with van der Waals surface area (Å²) >= 11 is 0. The van der Waals surface area contributed by atoms with Crippen LogP contribution in [0.3, 0.4) is 0 Å². The van der Waals surface area contributed by atoms with Crippen molar-refractivity contribution in [3.63, 3.8) is 0 Å². The fraction of sp³-hybridized carbons (Fsp3) is 0.750. The van der Waals surface area contributed by atoms with Crippen LogP contribution in [0.2, 0.25) is 0 Å². The highest BCUT2D eigenvalue weighted by Crippen LogP contribution is 2.02. The molecule has 11 heavy (non-hydrogen) atoms. The van der Waals surface area contributed by atoms with Crippen molar-refractivity contribution in [2.24, 2.45) is 0 Å². The predicted octanol–water partition coefficient (Wildman–Crippen LogP) is 0.932. The third kappa shape index (κ3) is 4.95. The minimum Gasteiger partial charge on any atom is -0.390 e. The van der Waals surface area contributed by atoms with Crippen molar-refractivity contribution in [3.05, 3.63) is 12.7 Å². The molecule has 2 unspecified atom stereocenters. The molecule has 0 rings (SSSR count). The third-order valence-corrected chi connectivity index (χ3v) is 1.40. The van der Waals surface area contributed by atoms with Gasteiger partial charge < -0.3 is 14.6 Å². The molecule has 3 heteroatoms. The molecule has 0 aromatic heterocycles. The number of ether oxygens (including phenoxy) is 2. The Morgan fingerprint density at radius 2 is 2.27 bits per heavy atom. The van der Waals surface area contributed by atoms with E-state index in [2.05, 4.69) is 11.3 Å². The van der Waals surface area contributed by atoms with E-state index >= 15 is 0 Å². The zero-order chi connectivity index (χ0) is 8.69. The van der Waals surface area contributed by atoms with Crippen molar-refractivity contribution in [3.8, 4) is 0 Å². The molecule has 2 atom stereocenters. The van der Waals surface area contributed by atoms with Crippen molar-refractivity contribution in [2.45, 2.75) is 25.6 Å². The smallest absolute Gasteiger partial charge is 0.146 e. The molecule has 0 fully saturated rings. The normalized spacial score (nSPS) is 15.9. The van der Waals surface area contributed by atoms with Crippen LogP contribution in [0, 0.1) is 0 Å². The number of methoxy groups -OCH3 is 1. The van der Waals surface area contributed by atoms with E-state index in [4.69, 9.17) is 4.74 Å². The van der Waals surface area contributed by atoms with Gasteiger partial charge in [0, 0.05) is 7.11 Å². The highest BCUT2D eigenvalue weighted by atomic mass is 16.7. The Bertz CT molecular complexity index is 104. The van der Waals surface area contributed by atoms with E-state index in [0.717, 1.165) is 0 Å². The Morgan fingerprint density at radius 1 is 1.64 bits per heavy atom. The first-order valence-electron chi connectivity index (χ1n) is 3.61. The maximum atomic E-state index is 9.29. The number of hydrogen-bond donors (Lipinski definition) is 1. The standard InChI is InChI=1S/C8H16O3/c1-4-5-8(9)7(2)11-6-10-3/h4,7-9H,1,5-6H2,2-3H3. The highest BCUT2D eigenvalue weighted by molar-refractivity contribution is 4.75. The molecular formula is C8H16O3. The van der Waals surface area contributed by atoms with Gasteiger partial charge in [-0.1, -0.05) is 6.08 Å². The summed E-state index contributed by atoms with van der Waals surface area (Å²) < 4.78 is 9.77. The summed E-state index contributed by atoms with van der Waals surface area (Å²) in [5, 5.41) is 9.29. The van der Waals surface area contributed by atoms with Gasteiger partial charge in [-0.25, -0.2) is 0 Å². The molecule has 1 N–H and O–H groups in total. The Morgan fingerprint density at radius 3 is 2.73 bits per heavy atom. The fourth-order valence-corrected chi connectivity index (χ4v) is 0.649. The summed E-state index contributed by atoms with van der Waals surface area (Å²) in [5.74, 6) is 0. The van der Waals surface area contributed by atoms with Crippen LogP contribution in [-0.2, 0) is 9.47 Å². The van der Waals surface area contributed by atoms with Crippen molar-refractivity contribution in [1.29, 1.82) is 0 Å². The SMILES string of the molecule is C=CCC(O)C(C)OCOC. The van der Waals surface area contributed by atoms with Crippen molar-refractivity contribution in [2.75, 3.05) is 13.9 Å². The van der Waals surface area contributed by atoms with Crippen LogP contribution in [0.25, 0.3) is 0 Å². The summed E-state index contributed by atoms with van der Waals surface area (Å²) in [6.45, 7) is 5.53. The van der Waals surface area contributed by atoms with Gasteiger partial charge in [-0.2, -0.15) is 0 Å². The highest BCUT2D eigenvalue weighted by Gasteiger charge is 2.11. The largest absolute Gasteiger partial charge is 0.390 e. The molecule has 0 amide bonds. The van der Waals surface area contributed by atoms with Gasteiger partial charge in [0.2, 0.25) is 0 Å². The van der Waals surface area contributed by atoms with Crippen LogP contribution in [0.4, 0.5) is 0 Å². The van der Waals surface area contributed by atoms with Crippen molar-refractivity contribution >= 4 is 0 Å². The van der Waals surface area contributed by atoms with Gasteiger partial charge in [0.25, 0.3) is 0 Å². The molecule has 0 saturated heterocycles. The Hall–Kier alpha value is -0.380. The van der Waals surface area contributed by atoms with E-state index in [-0.39, 0.29) is 12.9 Å². The zero-order valence-electron chi connectivity index (χ0n) is 7.12. The molecule has 0 aliphatic carbocycles. The predicted molar refractivity (Wildman–Crippen MR) is 43.2 cm³/mol. The summed E-state index contributed by atoms with van der Waals surface area (Å²) in [6.07, 6.45) is 1.53.